The van der Waals surface area contributed by atoms with Crippen LogP contribution in [0.1, 0.15) is 62.2 Å². The van der Waals surface area contributed by atoms with E-state index < -0.39 is 0 Å². The zero-order chi connectivity index (χ0) is 23.7. The van der Waals surface area contributed by atoms with Gasteiger partial charge in [-0.25, -0.2) is 4.39 Å². The van der Waals surface area contributed by atoms with Crippen molar-refractivity contribution in [2.75, 3.05) is 49.6 Å². The summed E-state index contributed by atoms with van der Waals surface area (Å²) in [5, 5.41) is 0. The maximum atomic E-state index is 13.4. The number of likely N-dealkylation sites (tertiary alicyclic amines) is 1. The molecular weight excluding hydrogens is 429 g/mol. The summed E-state index contributed by atoms with van der Waals surface area (Å²) in [4.78, 5) is 19.8. The molecule has 0 amide bonds. The first-order chi connectivity index (χ1) is 16.5. The molecule has 1 unspecified atom stereocenters. The number of hydrogen-bond donors (Lipinski definition) is 0. The number of fused-ring (bicyclic) bond motifs is 3. The van der Waals surface area contributed by atoms with Crippen LogP contribution in [0.25, 0.3) is 0 Å². The molecule has 5 rings (SSSR count). The lowest BCUT2D eigenvalue weighted by molar-refractivity contribution is -0.150. The Bertz CT molecular complexity index is 1010. The van der Waals surface area contributed by atoms with E-state index in [1.54, 1.807) is 12.1 Å². The number of likely N-dealkylation sites (N-methyl/N-ethyl adjacent to an activating group) is 1. The number of benzene rings is 2. The first-order valence-electron chi connectivity index (χ1n) is 12.8. The van der Waals surface area contributed by atoms with Gasteiger partial charge in [-0.3, -0.25) is 4.79 Å². The van der Waals surface area contributed by atoms with E-state index >= 15 is 0 Å². The monoisotopic (exact) mass is 465 g/mol. The van der Waals surface area contributed by atoms with Gasteiger partial charge in [-0.2, -0.15) is 0 Å². The van der Waals surface area contributed by atoms with Crippen molar-refractivity contribution in [1.29, 1.82) is 0 Å². The topological polar surface area (TPSA) is 36.0 Å². The first kappa shape index (κ1) is 23.2. The zero-order valence-electron chi connectivity index (χ0n) is 20.4. The van der Waals surface area contributed by atoms with Crippen molar-refractivity contribution >= 4 is 17.3 Å². The highest BCUT2D eigenvalue weighted by molar-refractivity contribution is 5.80. The van der Waals surface area contributed by atoms with Gasteiger partial charge in [0.25, 0.3) is 0 Å². The molecule has 1 fully saturated rings. The van der Waals surface area contributed by atoms with Crippen LogP contribution in [0.5, 0.6) is 0 Å². The van der Waals surface area contributed by atoms with E-state index in [9.17, 15) is 9.18 Å². The molecule has 0 aliphatic carbocycles. The van der Waals surface area contributed by atoms with Crippen LogP contribution in [0.15, 0.2) is 42.5 Å². The molecule has 3 atom stereocenters. The molecule has 0 spiro atoms. The Labute approximate surface area is 202 Å². The third kappa shape index (κ3) is 4.52. The van der Waals surface area contributed by atoms with Crippen LogP contribution in [0.2, 0.25) is 0 Å². The minimum Gasteiger partial charge on any atom is -0.457 e. The van der Waals surface area contributed by atoms with E-state index in [-0.39, 0.29) is 17.9 Å². The molecular formula is C28H36FN3O2. The minimum atomic E-state index is -0.313. The van der Waals surface area contributed by atoms with E-state index in [0.29, 0.717) is 18.4 Å². The number of carbonyl (C=O) groups excluding carboxylic acids is 1. The summed E-state index contributed by atoms with van der Waals surface area (Å²) in [5.41, 5.74) is 5.23. The predicted molar refractivity (Wildman–Crippen MR) is 134 cm³/mol. The number of esters is 1. The lowest BCUT2D eigenvalue weighted by atomic mass is 9.89. The first-order valence-corrected chi connectivity index (χ1v) is 12.8. The van der Waals surface area contributed by atoms with Crippen LogP contribution >= 0.6 is 0 Å². The highest BCUT2D eigenvalue weighted by Gasteiger charge is 2.44. The average molecular weight is 466 g/mol. The Morgan fingerprint density at radius 3 is 2.76 bits per heavy atom. The van der Waals surface area contributed by atoms with Crippen LogP contribution in [0.3, 0.4) is 0 Å². The summed E-state index contributed by atoms with van der Waals surface area (Å²) in [6.45, 7) is 7.35. The molecule has 1 saturated heterocycles. The van der Waals surface area contributed by atoms with Crippen LogP contribution < -0.4 is 9.80 Å². The van der Waals surface area contributed by atoms with Crippen LogP contribution in [0.4, 0.5) is 15.8 Å². The average Bonchev–Trinajstić information content (AvgIpc) is 3.16. The molecule has 2 aromatic rings. The Morgan fingerprint density at radius 2 is 1.97 bits per heavy atom. The van der Waals surface area contributed by atoms with Crippen molar-refractivity contribution in [2.24, 2.45) is 0 Å². The molecule has 34 heavy (non-hydrogen) atoms. The van der Waals surface area contributed by atoms with Crippen molar-refractivity contribution in [2.45, 2.75) is 57.1 Å². The van der Waals surface area contributed by atoms with E-state index in [4.69, 9.17) is 4.74 Å². The zero-order valence-corrected chi connectivity index (χ0v) is 20.4. The third-order valence-electron chi connectivity index (χ3n) is 7.79. The molecule has 0 bridgehead atoms. The van der Waals surface area contributed by atoms with Crippen molar-refractivity contribution in [3.63, 3.8) is 0 Å². The fraction of sp³-hybridized carbons (Fsp3) is 0.536. The summed E-state index contributed by atoms with van der Waals surface area (Å²) in [6.07, 6.45) is 3.75. The van der Waals surface area contributed by atoms with Gasteiger partial charge in [0.1, 0.15) is 11.9 Å². The summed E-state index contributed by atoms with van der Waals surface area (Å²) in [5.74, 6) is 0.117. The molecule has 0 saturated carbocycles. The van der Waals surface area contributed by atoms with Gasteiger partial charge in [0.2, 0.25) is 0 Å². The quantitative estimate of drug-likeness (QED) is 0.506. The van der Waals surface area contributed by atoms with Crippen molar-refractivity contribution in [1.82, 2.24) is 4.90 Å². The van der Waals surface area contributed by atoms with Gasteiger partial charge in [0.15, 0.2) is 0 Å². The molecule has 3 aliphatic heterocycles. The second-order valence-corrected chi connectivity index (χ2v) is 10.0. The van der Waals surface area contributed by atoms with Crippen molar-refractivity contribution < 1.29 is 13.9 Å². The van der Waals surface area contributed by atoms with Gasteiger partial charge in [-0.15, -0.1) is 0 Å². The van der Waals surface area contributed by atoms with Gasteiger partial charge in [-0.05, 0) is 61.6 Å². The van der Waals surface area contributed by atoms with Crippen molar-refractivity contribution in [3.05, 3.63) is 59.4 Å². The van der Waals surface area contributed by atoms with Crippen LogP contribution in [0, 0.1) is 5.82 Å². The van der Waals surface area contributed by atoms with Crippen LogP contribution in [-0.2, 0) is 9.53 Å². The molecule has 5 nitrogen and oxygen atoms in total. The lowest BCUT2D eigenvalue weighted by Crippen LogP contribution is -2.49. The molecule has 2 aromatic carbocycles. The number of piperidine rings is 1. The minimum absolute atomic E-state index is 0.174. The summed E-state index contributed by atoms with van der Waals surface area (Å²) < 4.78 is 19.2. The highest BCUT2D eigenvalue weighted by Crippen LogP contribution is 2.50. The number of anilines is 2. The number of carbonyl (C=O) groups is 1. The highest BCUT2D eigenvalue weighted by atomic mass is 19.1. The number of nitrogens with zero attached hydrogens (tertiary/aromatic N) is 3. The molecule has 0 radical (unpaired) electrons. The fourth-order valence-corrected chi connectivity index (χ4v) is 6.07. The number of hydrogen-bond acceptors (Lipinski definition) is 5. The number of rotatable bonds is 8. The van der Waals surface area contributed by atoms with Crippen LogP contribution in [-0.4, -0.2) is 56.7 Å². The van der Waals surface area contributed by atoms with Crippen molar-refractivity contribution in [3.8, 4) is 0 Å². The largest absolute Gasteiger partial charge is 0.457 e. The molecule has 182 valence electrons. The fourth-order valence-electron chi connectivity index (χ4n) is 6.07. The Kier molecular flexibility index (Phi) is 6.77. The van der Waals surface area contributed by atoms with E-state index in [1.807, 2.05) is 6.92 Å². The predicted octanol–water partition coefficient (Wildman–Crippen LogP) is 5.12. The second kappa shape index (κ2) is 9.95. The molecule has 3 heterocycles. The van der Waals surface area contributed by atoms with Gasteiger partial charge < -0.3 is 19.4 Å². The summed E-state index contributed by atoms with van der Waals surface area (Å²) in [6, 6.07) is 13.8. The SMILES string of the molecule is CCCC(=O)O[C@@H](CCCN1CCC2[C@@H](C1)c1cccc3c1N2CCN3C)c1ccc(F)cc1. The summed E-state index contributed by atoms with van der Waals surface area (Å²) >= 11 is 0. The number of para-hydroxylation sites is 1. The van der Waals surface area contributed by atoms with Gasteiger partial charge in [0.05, 0.1) is 11.4 Å². The lowest BCUT2D eigenvalue weighted by Gasteiger charge is -2.41. The van der Waals surface area contributed by atoms with Gasteiger partial charge in [-0.1, -0.05) is 31.2 Å². The Hall–Kier alpha value is -2.60. The third-order valence-corrected chi connectivity index (χ3v) is 7.79. The number of ether oxygens (including phenoxy) is 1. The maximum absolute atomic E-state index is 13.4. The Balaban J connectivity index is 1.22. The summed E-state index contributed by atoms with van der Waals surface area (Å²) in [7, 11) is 2.20. The molecule has 6 heteroatoms. The standard InChI is InChI=1S/C28H36FN3O2/c1-3-6-27(33)34-26(20-10-12-21(29)13-11-20)9-5-15-31-16-14-24-23(19-31)22-7-4-8-25-28(22)32(24)18-17-30(25)2/h4,7-8,10-13,23-24,26H,3,5-6,9,14-19H2,1-2H3/t23-,24?,26-/m0/s1. The van der Waals surface area contributed by atoms with E-state index in [2.05, 4.69) is 39.9 Å². The second-order valence-electron chi connectivity index (χ2n) is 10.0. The maximum Gasteiger partial charge on any atom is 0.306 e. The van der Waals surface area contributed by atoms with E-state index in [1.165, 1.54) is 35.5 Å². The smallest absolute Gasteiger partial charge is 0.306 e. The normalized spacial score (nSPS) is 22.3. The molecule has 0 aromatic heterocycles. The van der Waals surface area contributed by atoms with Gasteiger partial charge >= 0.3 is 5.97 Å². The van der Waals surface area contributed by atoms with E-state index in [0.717, 1.165) is 57.5 Å². The van der Waals surface area contributed by atoms with Gasteiger partial charge in [0, 0.05) is 51.6 Å². The Morgan fingerprint density at radius 1 is 1.15 bits per heavy atom. The molecule has 3 aliphatic rings. The number of halogens is 1. The molecule has 0 N–H and O–H groups in total.